The van der Waals surface area contributed by atoms with Crippen LogP contribution in [0.2, 0.25) is 0 Å². The SMILES string of the molecule is CCCCC/C=C\C/C=C\CCCCCCCCCCCC(=O)O[C@H](COCCCCCCCCCCCCCCCCCC)COP(=O)(O)OC[C@@H](O)CO. The van der Waals surface area contributed by atoms with Crippen molar-refractivity contribution in [2.24, 2.45) is 0 Å². The molecule has 9 nitrogen and oxygen atoms in total. The van der Waals surface area contributed by atoms with Gasteiger partial charge < -0.3 is 24.6 Å². The number of carbonyl (C=O) groups excluding carboxylic acids is 1. The predicted octanol–water partition coefficient (Wildman–Crippen LogP) is 13.0. The molecule has 0 aromatic carbocycles. The zero-order valence-electron chi connectivity index (χ0n) is 36.4. The molecule has 0 aliphatic rings. The Balaban J connectivity index is 4.11. The van der Waals surface area contributed by atoms with Crippen LogP contribution in [0.15, 0.2) is 24.3 Å². The molecule has 0 radical (unpaired) electrons. The van der Waals surface area contributed by atoms with Crippen molar-refractivity contribution in [1.82, 2.24) is 0 Å². The van der Waals surface area contributed by atoms with E-state index in [0.717, 1.165) is 38.5 Å². The second kappa shape index (κ2) is 43.5. The van der Waals surface area contributed by atoms with E-state index in [9.17, 15) is 19.4 Å². The summed E-state index contributed by atoms with van der Waals surface area (Å²) in [6.07, 6.45) is 45.6. The predicted molar refractivity (Wildman–Crippen MR) is 233 cm³/mol. The zero-order chi connectivity index (χ0) is 41.1. The van der Waals surface area contributed by atoms with Crippen molar-refractivity contribution in [3.8, 4) is 0 Å². The first kappa shape index (κ1) is 54.9. The molecule has 0 rings (SSSR count). The van der Waals surface area contributed by atoms with Crippen LogP contribution in [0.5, 0.6) is 0 Å². The molecule has 0 aromatic rings. The molecule has 0 saturated heterocycles. The van der Waals surface area contributed by atoms with Gasteiger partial charge in [0.05, 0.1) is 26.4 Å². The molecule has 56 heavy (non-hydrogen) atoms. The molecule has 0 spiro atoms. The van der Waals surface area contributed by atoms with Gasteiger partial charge in [-0.3, -0.25) is 13.8 Å². The number of phosphoric acid groups is 1. The van der Waals surface area contributed by atoms with Gasteiger partial charge in [-0.2, -0.15) is 0 Å². The van der Waals surface area contributed by atoms with E-state index in [1.165, 1.54) is 161 Å². The molecule has 0 saturated carbocycles. The summed E-state index contributed by atoms with van der Waals surface area (Å²) in [6, 6.07) is 0. The number of unbranched alkanes of at least 4 members (excludes halogenated alkanes) is 27. The number of hydrogen-bond acceptors (Lipinski definition) is 8. The fourth-order valence-electron chi connectivity index (χ4n) is 6.56. The van der Waals surface area contributed by atoms with Crippen LogP contribution in [0.3, 0.4) is 0 Å². The first-order chi connectivity index (χ1) is 27.3. The normalized spacial score (nSPS) is 14.2. The van der Waals surface area contributed by atoms with Crippen molar-refractivity contribution in [1.29, 1.82) is 0 Å². The van der Waals surface area contributed by atoms with Crippen molar-refractivity contribution in [3.05, 3.63) is 24.3 Å². The van der Waals surface area contributed by atoms with Crippen LogP contribution in [0.4, 0.5) is 0 Å². The third kappa shape index (κ3) is 42.5. The van der Waals surface area contributed by atoms with E-state index in [0.29, 0.717) is 6.61 Å². The fraction of sp³-hybridized carbons (Fsp3) is 0.891. The van der Waals surface area contributed by atoms with Crippen molar-refractivity contribution in [2.45, 2.75) is 232 Å². The number of esters is 1. The standard InChI is InChI=1S/C46H89O9P/c1-3-5-7-9-11-13-15-17-19-21-22-23-24-26-28-30-32-34-36-38-46(49)55-45(43-54-56(50,51)53-41-44(48)40-47)42-52-39-37-35-33-31-29-27-25-20-18-16-14-12-10-8-6-4-2/h11,13,17,19,44-45,47-48H,3-10,12,14-16,18,20-43H2,1-2H3,(H,50,51)/b13-11-,19-17-/t44-,45+/m0/s1. The molecular formula is C46H89O9P. The Morgan fingerprint density at radius 1 is 0.554 bits per heavy atom. The van der Waals surface area contributed by atoms with Crippen LogP contribution in [-0.4, -0.2) is 66.3 Å². The maximum absolute atomic E-state index is 12.6. The second-order valence-electron chi connectivity index (χ2n) is 15.8. The highest BCUT2D eigenvalue weighted by Crippen LogP contribution is 2.43. The number of aliphatic hydroxyl groups excluding tert-OH is 2. The molecule has 332 valence electrons. The molecule has 3 atom stereocenters. The van der Waals surface area contributed by atoms with Crippen LogP contribution in [0, 0.1) is 0 Å². The van der Waals surface area contributed by atoms with Crippen LogP contribution in [0.25, 0.3) is 0 Å². The van der Waals surface area contributed by atoms with Gasteiger partial charge in [0, 0.05) is 13.0 Å². The second-order valence-corrected chi connectivity index (χ2v) is 17.2. The van der Waals surface area contributed by atoms with E-state index in [-0.39, 0.29) is 25.6 Å². The summed E-state index contributed by atoms with van der Waals surface area (Å²) < 4.78 is 33.4. The first-order valence-corrected chi connectivity index (χ1v) is 24.8. The lowest BCUT2D eigenvalue weighted by Crippen LogP contribution is -2.29. The summed E-state index contributed by atoms with van der Waals surface area (Å²) >= 11 is 0. The van der Waals surface area contributed by atoms with Gasteiger partial charge in [-0.05, 0) is 44.9 Å². The average Bonchev–Trinajstić information content (AvgIpc) is 3.19. The largest absolute Gasteiger partial charge is 0.472 e. The van der Waals surface area contributed by atoms with Crippen LogP contribution in [0.1, 0.15) is 219 Å². The van der Waals surface area contributed by atoms with Crippen molar-refractivity contribution < 1.29 is 43.0 Å². The topological polar surface area (TPSA) is 132 Å². The summed E-state index contributed by atoms with van der Waals surface area (Å²) in [5.74, 6) is -0.383. The summed E-state index contributed by atoms with van der Waals surface area (Å²) in [5, 5.41) is 18.4. The van der Waals surface area contributed by atoms with Gasteiger partial charge in [0.25, 0.3) is 0 Å². The molecular weight excluding hydrogens is 727 g/mol. The lowest BCUT2D eigenvalue weighted by molar-refractivity contribution is -0.154. The van der Waals surface area contributed by atoms with Crippen LogP contribution >= 0.6 is 7.82 Å². The Kier molecular flexibility index (Phi) is 42.7. The molecule has 0 bridgehead atoms. The summed E-state index contributed by atoms with van der Waals surface area (Å²) in [6.45, 7) is 3.53. The number of aliphatic hydroxyl groups is 2. The maximum atomic E-state index is 12.6. The van der Waals surface area contributed by atoms with E-state index >= 15 is 0 Å². The number of phosphoric ester groups is 1. The van der Waals surface area contributed by atoms with Crippen molar-refractivity contribution in [3.63, 3.8) is 0 Å². The molecule has 0 aliphatic heterocycles. The Morgan fingerprint density at radius 3 is 1.46 bits per heavy atom. The minimum atomic E-state index is -4.52. The number of hydrogen-bond donors (Lipinski definition) is 3. The van der Waals surface area contributed by atoms with Gasteiger partial charge in [0.1, 0.15) is 12.2 Å². The third-order valence-corrected chi connectivity index (χ3v) is 11.1. The molecule has 0 fully saturated rings. The molecule has 0 heterocycles. The number of allylic oxidation sites excluding steroid dienone is 4. The molecule has 3 N–H and O–H groups in total. The number of ether oxygens (including phenoxy) is 2. The van der Waals surface area contributed by atoms with E-state index < -0.39 is 33.2 Å². The van der Waals surface area contributed by atoms with Gasteiger partial charge in [-0.1, -0.05) is 192 Å². The highest BCUT2D eigenvalue weighted by atomic mass is 31.2. The lowest BCUT2D eigenvalue weighted by Gasteiger charge is -2.20. The fourth-order valence-corrected chi connectivity index (χ4v) is 7.35. The van der Waals surface area contributed by atoms with Crippen molar-refractivity contribution in [2.75, 3.05) is 33.0 Å². The Hall–Kier alpha value is -1.06. The van der Waals surface area contributed by atoms with Crippen LogP contribution in [-0.2, 0) is 27.9 Å². The third-order valence-electron chi connectivity index (χ3n) is 10.1. The van der Waals surface area contributed by atoms with E-state index in [4.69, 9.17) is 23.6 Å². The van der Waals surface area contributed by atoms with Gasteiger partial charge in [0.2, 0.25) is 0 Å². The Labute approximate surface area is 344 Å². The van der Waals surface area contributed by atoms with Gasteiger partial charge >= 0.3 is 13.8 Å². The number of carbonyl (C=O) groups is 1. The monoisotopic (exact) mass is 817 g/mol. The highest BCUT2D eigenvalue weighted by Gasteiger charge is 2.26. The average molecular weight is 817 g/mol. The lowest BCUT2D eigenvalue weighted by atomic mass is 10.0. The van der Waals surface area contributed by atoms with E-state index in [1.54, 1.807) is 0 Å². The van der Waals surface area contributed by atoms with Gasteiger partial charge in [-0.25, -0.2) is 4.57 Å². The number of rotatable bonds is 45. The smallest absolute Gasteiger partial charge is 0.457 e. The Bertz CT molecular complexity index is 928. The summed E-state index contributed by atoms with van der Waals surface area (Å²) in [5.41, 5.74) is 0. The zero-order valence-corrected chi connectivity index (χ0v) is 37.3. The summed E-state index contributed by atoms with van der Waals surface area (Å²) in [7, 11) is -4.52. The molecule has 0 aliphatic carbocycles. The quantitative estimate of drug-likeness (QED) is 0.0238. The highest BCUT2D eigenvalue weighted by molar-refractivity contribution is 7.47. The molecule has 0 amide bonds. The van der Waals surface area contributed by atoms with Gasteiger partial charge in [0.15, 0.2) is 0 Å². The van der Waals surface area contributed by atoms with Crippen molar-refractivity contribution >= 4 is 13.8 Å². The maximum Gasteiger partial charge on any atom is 0.472 e. The Morgan fingerprint density at radius 2 is 0.964 bits per heavy atom. The van der Waals surface area contributed by atoms with E-state index in [1.807, 2.05) is 0 Å². The minimum absolute atomic E-state index is 0.0522. The van der Waals surface area contributed by atoms with E-state index in [2.05, 4.69) is 38.2 Å². The molecule has 1 unspecified atom stereocenters. The van der Waals surface area contributed by atoms with Crippen LogP contribution < -0.4 is 0 Å². The first-order valence-electron chi connectivity index (χ1n) is 23.3. The molecule has 10 heteroatoms. The molecule has 0 aromatic heterocycles. The summed E-state index contributed by atoms with van der Waals surface area (Å²) in [4.78, 5) is 22.6. The van der Waals surface area contributed by atoms with Gasteiger partial charge in [-0.15, -0.1) is 0 Å². The minimum Gasteiger partial charge on any atom is -0.457 e.